The summed E-state index contributed by atoms with van der Waals surface area (Å²) in [5.41, 5.74) is 6.78. The molecule has 1 rings (SSSR count). The maximum absolute atomic E-state index is 5.47. The Balaban J connectivity index is 2.62. The predicted octanol–water partition coefficient (Wildman–Crippen LogP) is 1.77. The second-order valence-corrected chi connectivity index (χ2v) is 4.56. The molecule has 0 fully saturated rings. The minimum absolute atomic E-state index is 0.591. The Morgan fingerprint density at radius 1 is 1.56 bits per heavy atom. The summed E-state index contributed by atoms with van der Waals surface area (Å²) in [6.07, 6.45) is 5.61. The molecule has 1 aromatic rings. The first kappa shape index (κ1) is 12.9. The summed E-state index contributed by atoms with van der Waals surface area (Å²) in [4.78, 5) is 4.30. The van der Waals surface area contributed by atoms with Crippen LogP contribution < -0.4 is 5.73 Å². The van der Waals surface area contributed by atoms with Crippen LogP contribution in [0.3, 0.4) is 0 Å². The Bertz CT molecular complexity index is 339. The van der Waals surface area contributed by atoms with Crippen LogP contribution in [0, 0.1) is 5.92 Å². The van der Waals surface area contributed by atoms with E-state index in [0.29, 0.717) is 12.5 Å². The summed E-state index contributed by atoms with van der Waals surface area (Å²) in [6.45, 7) is 8.12. The highest BCUT2D eigenvalue weighted by Crippen LogP contribution is 2.07. The largest absolute Gasteiger partial charge is 0.330 e. The average molecular weight is 222 g/mol. The summed E-state index contributed by atoms with van der Waals surface area (Å²) in [5.74, 6) is 1.63. The SMILES string of the molecule is CC(=CCCN)Cc1ncnn1CC(C)C. The normalized spacial score (nSPS) is 12.4. The first-order valence-electron chi connectivity index (χ1n) is 5.86. The number of rotatable bonds is 6. The molecule has 0 saturated heterocycles. The standard InChI is InChI=1S/C12H22N4/c1-10(2)8-16-12(14-9-15-16)7-11(3)5-4-6-13/h5,9-10H,4,6-8,13H2,1-3H3. The van der Waals surface area contributed by atoms with Crippen molar-refractivity contribution in [1.29, 1.82) is 0 Å². The van der Waals surface area contributed by atoms with Gasteiger partial charge in [-0.1, -0.05) is 25.5 Å². The molecule has 0 unspecified atom stereocenters. The van der Waals surface area contributed by atoms with Crippen LogP contribution in [0.15, 0.2) is 18.0 Å². The van der Waals surface area contributed by atoms with Gasteiger partial charge >= 0.3 is 0 Å². The molecule has 4 heteroatoms. The van der Waals surface area contributed by atoms with Crippen molar-refractivity contribution in [1.82, 2.24) is 14.8 Å². The first-order valence-corrected chi connectivity index (χ1v) is 5.86. The summed E-state index contributed by atoms with van der Waals surface area (Å²) >= 11 is 0. The van der Waals surface area contributed by atoms with E-state index in [9.17, 15) is 0 Å². The maximum Gasteiger partial charge on any atom is 0.138 e. The third kappa shape index (κ3) is 4.14. The molecule has 1 aromatic heterocycles. The number of hydrogen-bond donors (Lipinski definition) is 1. The van der Waals surface area contributed by atoms with Gasteiger partial charge in [0.25, 0.3) is 0 Å². The number of aromatic nitrogens is 3. The fourth-order valence-corrected chi connectivity index (χ4v) is 1.57. The van der Waals surface area contributed by atoms with Crippen LogP contribution >= 0.6 is 0 Å². The number of allylic oxidation sites excluding steroid dienone is 1. The molecule has 4 nitrogen and oxygen atoms in total. The molecule has 0 radical (unpaired) electrons. The number of nitrogens with two attached hydrogens (primary N) is 1. The van der Waals surface area contributed by atoms with E-state index in [1.165, 1.54) is 5.57 Å². The van der Waals surface area contributed by atoms with Crippen molar-refractivity contribution in [3.63, 3.8) is 0 Å². The highest BCUT2D eigenvalue weighted by molar-refractivity contribution is 5.06. The first-order chi connectivity index (χ1) is 7.63. The molecule has 2 N–H and O–H groups in total. The lowest BCUT2D eigenvalue weighted by atomic mass is 10.1. The highest BCUT2D eigenvalue weighted by Gasteiger charge is 2.06. The topological polar surface area (TPSA) is 56.7 Å². The van der Waals surface area contributed by atoms with Gasteiger partial charge in [0, 0.05) is 13.0 Å². The summed E-state index contributed by atoms with van der Waals surface area (Å²) < 4.78 is 1.99. The zero-order chi connectivity index (χ0) is 12.0. The molecule has 16 heavy (non-hydrogen) atoms. The van der Waals surface area contributed by atoms with Crippen molar-refractivity contribution in [3.8, 4) is 0 Å². The number of nitrogens with zero attached hydrogens (tertiary/aromatic N) is 3. The summed E-state index contributed by atoms with van der Waals surface area (Å²) in [7, 11) is 0. The van der Waals surface area contributed by atoms with E-state index in [1.807, 2.05) is 4.68 Å². The quantitative estimate of drug-likeness (QED) is 0.746. The van der Waals surface area contributed by atoms with Crippen molar-refractivity contribution in [2.24, 2.45) is 11.7 Å². The smallest absolute Gasteiger partial charge is 0.138 e. The Hall–Kier alpha value is -1.16. The lowest BCUT2D eigenvalue weighted by molar-refractivity contribution is 0.468. The Labute approximate surface area is 97.6 Å². The molecule has 0 aromatic carbocycles. The molecule has 0 aliphatic carbocycles. The van der Waals surface area contributed by atoms with Crippen LogP contribution in [0.2, 0.25) is 0 Å². The predicted molar refractivity (Wildman–Crippen MR) is 66.0 cm³/mol. The highest BCUT2D eigenvalue weighted by atomic mass is 15.3. The lowest BCUT2D eigenvalue weighted by Crippen LogP contribution is -2.10. The molecule has 0 bridgehead atoms. The van der Waals surface area contributed by atoms with Crippen LogP contribution in [-0.2, 0) is 13.0 Å². The van der Waals surface area contributed by atoms with Crippen LogP contribution in [0.5, 0.6) is 0 Å². The second-order valence-electron chi connectivity index (χ2n) is 4.56. The minimum atomic E-state index is 0.591. The van der Waals surface area contributed by atoms with Gasteiger partial charge in [0.2, 0.25) is 0 Å². The van der Waals surface area contributed by atoms with Crippen LogP contribution in [0.1, 0.15) is 33.0 Å². The van der Waals surface area contributed by atoms with E-state index < -0.39 is 0 Å². The molecule has 0 amide bonds. The third-order valence-corrected chi connectivity index (χ3v) is 2.33. The van der Waals surface area contributed by atoms with E-state index in [0.717, 1.165) is 25.2 Å². The van der Waals surface area contributed by atoms with Crippen LogP contribution in [-0.4, -0.2) is 21.3 Å². The van der Waals surface area contributed by atoms with Gasteiger partial charge < -0.3 is 5.73 Å². The third-order valence-electron chi connectivity index (χ3n) is 2.33. The van der Waals surface area contributed by atoms with Crippen LogP contribution in [0.25, 0.3) is 0 Å². The molecule has 0 saturated carbocycles. The van der Waals surface area contributed by atoms with Crippen molar-refractivity contribution in [2.75, 3.05) is 6.54 Å². The van der Waals surface area contributed by atoms with Gasteiger partial charge in [-0.3, -0.25) is 0 Å². The maximum atomic E-state index is 5.47. The molecular formula is C12H22N4. The number of hydrogen-bond acceptors (Lipinski definition) is 3. The van der Waals surface area contributed by atoms with Crippen molar-refractivity contribution in [2.45, 2.75) is 40.2 Å². The Kier molecular flexibility index (Phi) is 5.19. The molecule has 1 heterocycles. The van der Waals surface area contributed by atoms with Gasteiger partial charge in [-0.05, 0) is 25.8 Å². The lowest BCUT2D eigenvalue weighted by Gasteiger charge is -2.08. The van der Waals surface area contributed by atoms with Gasteiger partial charge in [0.05, 0.1) is 0 Å². The van der Waals surface area contributed by atoms with E-state index >= 15 is 0 Å². The summed E-state index contributed by atoms with van der Waals surface area (Å²) in [6, 6.07) is 0. The zero-order valence-corrected chi connectivity index (χ0v) is 10.5. The van der Waals surface area contributed by atoms with Gasteiger partial charge in [-0.25, -0.2) is 9.67 Å². The van der Waals surface area contributed by atoms with E-state index in [-0.39, 0.29) is 0 Å². The molecule has 0 spiro atoms. The van der Waals surface area contributed by atoms with Gasteiger partial charge in [0.1, 0.15) is 12.2 Å². The second kappa shape index (κ2) is 6.43. The monoisotopic (exact) mass is 222 g/mol. The van der Waals surface area contributed by atoms with Crippen molar-refractivity contribution in [3.05, 3.63) is 23.8 Å². The van der Waals surface area contributed by atoms with Gasteiger partial charge in [-0.2, -0.15) is 5.10 Å². The fourth-order valence-electron chi connectivity index (χ4n) is 1.57. The van der Waals surface area contributed by atoms with E-state index in [4.69, 9.17) is 5.73 Å². The van der Waals surface area contributed by atoms with E-state index in [2.05, 4.69) is 36.9 Å². The Morgan fingerprint density at radius 3 is 2.94 bits per heavy atom. The van der Waals surface area contributed by atoms with Gasteiger partial charge in [-0.15, -0.1) is 0 Å². The molecule has 0 aliphatic rings. The Morgan fingerprint density at radius 2 is 2.31 bits per heavy atom. The van der Waals surface area contributed by atoms with Crippen molar-refractivity contribution < 1.29 is 0 Å². The summed E-state index contributed by atoms with van der Waals surface area (Å²) in [5, 5.41) is 4.24. The van der Waals surface area contributed by atoms with Crippen molar-refractivity contribution >= 4 is 0 Å². The fraction of sp³-hybridized carbons (Fsp3) is 0.667. The molecule has 0 aliphatic heterocycles. The molecule has 0 atom stereocenters. The van der Waals surface area contributed by atoms with E-state index in [1.54, 1.807) is 6.33 Å². The molecule has 90 valence electrons. The zero-order valence-electron chi connectivity index (χ0n) is 10.5. The molecular weight excluding hydrogens is 200 g/mol. The average Bonchev–Trinajstić information content (AvgIpc) is 2.62. The van der Waals surface area contributed by atoms with Gasteiger partial charge in [0.15, 0.2) is 0 Å². The van der Waals surface area contributed by atoms with Crippen LogP contribution in [0.4, 0.5) is 0 Å². The minimum Gasteiger partial charge on any atom is -0.330 e.